The summed E-state index contributed by atoms with van der Waals surface area (Å²) in [5, 5.41) is 1.01. The Hall–Kier alpha value is -2.42. The van der Waals surface area contributed by atoms with Crippen molar-refractivity contribution in [3.8, 4) is 0 Å². The predicted molar refractivity (Wildman–Crippen MR) is 83.4 cm³/mol. The Bertz CT molecular complexity index is 785. The Morgan fingerprint density at radius 2 is 1.86 bits per heavy atom. The Morgan fingerprint density at radius 1 is 1.14 bits per heavy atom. The van der Waals surface area contributed by atoms with E-state index < -0.39 is 0 Å². The number of aromatic amines is 1. The number of rotatable bonds is 4. The van der Waals surface area contributed by atoms with Gasteiger partial charge in [0.25, 0.3) is 0 Å². The molecule has 0 saturated heterocycles. The van der Waals surface area contributed by atoms with Gasteiger partial charge in [-0.2, -0.15) is 4.57 Å². The molecule has 1 aromatic carbocycles. The van der Waals surface area contributed by atoms with Crippen LogP contribution in [0.25, 0.3) is 10.9 Å². The number of hydrogen-bond donors (Lipinski definition) is 1. The van der Waals surface area contributed by atoms with E-state index in [1.807, 2.05) is 48.1 Å². The van der Waals surface area contributed by atoms with Crippen LogP contribution >= 0.6 is 0 Å². The predicted octanol–water partition coefficient (Wildman–Crippen LogP) is 3.21. The molecule has 0 saturated carbocycles. The zero-order valence-corrected chi connectivity index (χ0v) is 12.4. The standard InChI is InChI=1S/C18H18N2O/c1-3-14-8-10-20(11-9-14)12-17(21)18-13(2)19-16-7-5-4-6-15(16)18/h4-11H,3,12H2,1-2H3/p+1. The Morgan fingerprint density at radius 3 is 2.57 bits per heavy atom. The van der Waals surface area contributed by atoms with Gasteiger partial charge in [0.1, 0.15) is 0 Å². The lowest BCUT2D eigenvalue weighted by Crippen LogP contribution is -2.37. The molecule has 0 bridgehead atoms. The van der Waals surface area contributed by atoms with Crippen molar-refractivity contribution in [3.63, 3.8) is 0 Å². The van der Waals surface area contributed by atoms with Crippen LogP contribution in [0, 0.1) is 6.92 Å². The van der Waals surface area contributed by atoms with Crippen molar-refractivity contribution in [2.75, 3.05) is 0 Å². The van der Waals surface area contributed by atoms with Crippen LogP contribution in [0.15, 0.2) is 48.8 Å². The highest BCUT2D eigenvalue weighted by Gasteiger charge is 2.19. The largest absolute Gasteiger partial charge is 0.358 e. The molecule has 3 aromatic rings. The van der Waals surface area contributed by atoms with Crippen LogP contribution in [0.2, 0.25) is 0 Å². The number of pyridine rings is 1. The molecule has 21 heavy (non-hydrogen) atoms. The Labute approximate surface area is 124 Å². The van der Waals surface area contributed by atoms with E-state index in [0.717, 1.165) is 28.6 Å². The smallest absolute Gasteiger partial charge is 0.229 e. The van der Waals surface area contributed by atoms with E-state index >= 15 is 0 Å². The first-order chi connectivity index (χ1) is 10.2. The second kappa shape index (κ2) is 5.52. The Balaban J connectivity index is 1.91. The van der Waals surface area contributed by atoms with E-state index in [0.29, 0.717) is 6.54 Å². The van der Waals surface area contributed by atoms with Crippen molar-refractivity contribution in [3.05, 3.63) is 65.6 Å². The molecular formula is C18H19N2O+. The first-order valence-corrected chi connectivity index (χ1v) is 7.27. The molecule has 1 N–H and O–H groups in total. The quantitative estimate of drug-likeness (QED) is 0.578. The summed E-state index contributed by atoms with van der Waals surface area (Å²) in [6.07, 6.45) is 4.96. The summed E-state index contributed by atoms with van der Waals surface area (Å²) in [6.45, 7) is 4.45. The molecule has 0 atom stereocenters. The molecule has 0 spiro atoms. The van der Waals surface area contributed by atoms with Crippen molar-refractivity contribution in [2.24, 2.45) is 0 Å². The maximum atomic E-state index is 12.6. The average Bonchev–Trinajstić information content (AvgIpc) is 2.83. The SMILES string of the molecule is CCc1cc[n+](CC(=O)c2c(C)[nH]c3ccccc23)cc1. The van der Waals surface area contributed by atoms with Gasteiger partial charge in [0, 0.05) is 28.7 Å². The number of aryl methyl sites for hydroxylation is 2. The van der Waals surface area contributed by atoms with Gasteiger partial charge in [-0.1, -0.05) is 25.1 Å². The van der Waals surface area contributed by atoms with Crippen molar-refractivity contribution in [2.45, 2.75) is 26.8 Å². The van der Waals surface area contributed by atoms with Crippen LogP contribution in [-0.4, -0.2) is 10.8 Å². The fraction of sp³-hybridized carbons (Fsp3) is 0.222. The molecule has 106 valence electrons. The highest BCUT2D eigenvalue weighted by atomic mass is 16.1. The van der Waals surface area contributed by atoms with Crippen molar-refractivity contribution < 1.29 is 9.36 Å². The lowest BCUT2D eigenvalue weighted by Gasteiger charge is -2.00. The van der Waals surface area contributed by atoms with Gasteiger partial charge in [-0.05, 0) is 25.0 Å². The minimum absolute atomic E-state index is 0.138. The number of hydrogen-bond acceptors (Lipinski definition) is 1. The van der Waals surface area contributed by atoms with Crippen LogP contribution in [0.3, 0.4) is 0 Å². The maximum absolute atomic E-state index is 12.6. The van der Waals surface area contributed by atoms with E-state index in [1.54, 1.807) is 0 Å². The third-order valence-corrected chi connectivity index (χ3v) is 3.87. The highest BCUT2D eigenvalue weighted by molar-refractivity contribution is 6.08. The Kier molecular flexibility index (Phi) is 3.57. The lowest BCUT2D eigenvalue weighted by atomic mass is 10.1. The van der Waals surface area contributed by atoms with Crippen LogP contribution in [0.4, 0.5) is 0 Å². The molecule has 0 fully saturated rings. The lowest BCUT2D eigenvalue weighted by molar-refractivity contribution is -0.683. The number of ketones is 1. The summed E-state index contributed by atoms with van der Waals surface area (Å²) in [7, 11) is 0. The molecule has 0 unspecified atom stereocenters. The minimum Gasteiger partial charge on any atom is -0.358 e. The number of para-hydroxylation sites is 1. The molecule has 0 aliphatic carbocycles. The molecular weight excluding hydrogens is 260 g/mol. The number of H-pyrrole nitrogens is 1. The number of carbonyl (C=O) groups is 1. The third-order valence-electron chi connectivity index (χ3n) is 3.87. The van der Waals surface area contributed by atoms with E-state index in [1.165, 1.54) is 5.56 Å². The van der Waals surface area contributed by atoms with Crippen molar-refractivity contribution in [1.82, 2.24) is 4.98 Å². The molecule has 2 heterocycles. The van der Waals surface area contributed by atoms with Gasteiger partial charge in [0.15, 0.2) is 12.4 Å². The molecule has 3 rings (SSSR count). The molecule has 3 nitrogen and oxygen atoms in total. The van der Waals surface area contributed by atoms with E-state index in [2.05, 4.69) is 24.0 Å². The number of benzene rings is 1. The number of fused-ring (bicyclic) bond motifs is 1. The zero-order valence-electron chi connectivity index (χ0n) is 12.4. The minimum atomic E-state index is 0.138. The summed E-state index contributed by atoms with van der Waals surface area (Å²) in [5.74, 6) is 0.138. The summed E-state index contributed by atoms with van der Waals surface area (Å²) in [4.78, 5) is 15.9. The van der Waals surface area contributed by atoms with Gasteiger partial charge < -0.3 is 4.98 Å². The molecule has 3 heteroatoms. The second-order valence-corrected chi connectivity index (χ2v) is 5.33. The molecule has 0 amide bonds. The second-order valence-electron chi connectivity index (χ2n) is 5.33. The van der Waals surface area contributed by atoms with Gasteiger partial charge in [-0.15, -0.1) is 0 Å². The van der Waals surface area contributed by atoms with Gasteiger partial charge in [0.2, 0.25) is 12.3 Å². The molecule has 0 aliphatic rings. The maximum Gasteiger partial charge on any atom is 0.229 e. The first kappa shape index (κ1) is 13.6. The van der Waals surface area contributed by atoms with Gasteiger partial charge in [-0.25, -0.2) is 0 Å². The van der Waals surface area contributed by atoms with Crippen LogP contribution in [0.5, 0.6) is 0 Å². The number of carbonyl (C=O) groups excluding carboxylic acids is 1. The summed E-state index contributed by atoms with van der Waals surface area (Å²) in [5.41, 5.74) is 4.04. The fourth-order valence-electron chi connectivity index (χ4n) is 2.71. The first-order valence-electron chi connectivity index (χ1n) is 7.27. The van der Waals surface area contributed by atoms with Gasteiger partial charge in [-0.3, -0.25) is 4.79 Å². The summed E-state index contributed by atoms with van der Waals surface area (Å²) >= 11 is 0. The average molecular weight is 279 g/mol. The molecule has 0 aliphatic heterocycles. The van der Waals surface area contributed by atoms with E-state index in [-0.39, 0.29) is 5.78 Å². The summed E-state index contributed by atoms with van der Waals surface area (Å²) < 4.78 is 1.93. The monoisotopic (exact) mass is 279 g/mol. The summed E-state index contributed by atoms with van der Waals surface area (Å²) in [6, 6.07) is 12.1. The van der Waals surface area contributed by atoms with Crippen LogP contribution in [-0.2, 0) is 13.0 Å². The van der Waals surface area contributed by atoms with Gasteiger partial charge >= 0.3 is 0 Å². The number of nitrogens with one attached hydrogen (secondary N) is 1. The van der Waals surface area contributed by atoms with Gasteiger partial charge in [0.05, 0.1) is 5.56 Å². The molecule has 0 radical (unpaired) electrons. The van der Waals surface area contributed by atoms with Crippen LogP contribution in [0.1, 0.15) is 28.5 Å². The number of nitrogens with zero attached hydrogens (tertiary/aromatic N) is 1. The van der Waals surface area contributed by atoms with E-state index in [9.17, 15) is 4.79 Å². The number of aromatic nitrogens is 2. The third kappa shape index (κ3) is 2.59. The topological polar surface area (TPSA) is 36.7 Å². The molecule has 2 aromatic heterocycles. The zero-order chi connectivity index (χ0) is 14.8. The van der Waals surface area contributed by atoms with Crippen molar-refractivity contribution >= 4 is 16.7 Å². The highest BCUT2D eigenvalue weighted by Crippen LogP contribution is 2.22. The normalized spacial score (nSPS) is 11.0. The van der Waals surface area contributed by atoms with Crippen molar-refractivity contribution in [1.29, 1.82) is 0 Å². The van der Waals surface area contributed by atoms with Crippen LogP contribution < -0.4 is 4.57 Å². The number of Topliss-reactive ketones (excluding diaryl/α,β-unsaturated/α-hetero) is 1. The van der Waals surface area contributed by atoms with E-state index in [4.69, 9.17) is 0 Å². The fourth-order valence-corrected chi connectivity index (χ4v) is 2.71.